The number of piperazine rings is 1. The highest BCUT2D eigenvalue weighted by molar-refractivity contribution is 5.95. The van der Waals surface area contributed by atoms with Gasteiger partial charge in [0.2, 0.25) is 0 Å². The molecular formula is C16H23N3O2. The number of nitrogens with two attached hydrogens (primary N) is 1. The van der Waals surface area contributed by atoms with E-state index in [2.05, 4.69) is 4.90 Å². The van der Waals surface area contributed by atoms with Gasteiger partial charge in [0, 0.05) is 37.8 Å². The average Bonchev–Trinajstić information content (AvgIpc) is 3.34. The van der Waals surface area contributed by atoms with E-state index in [9.17, 15) is 4.79 Å². The number of benzene rings is 1. The first-order chi connectivity index (χ1) is 10.2. The number of anilines is 1. The molecule has 1 aromatic rings. The van der Waals surface area contributed by atoms with Crippen molar-refractivity contribution in [1.29, 1.82) is 0 Å². The van der Waals surface area contributed by atoms with E-state index in [4.69, 9.17) is 10.5 Å². The molecule has 1 aliphatic carbocycles. The van der Waals surface area contributed by atoms with E-state index in [1.54, 1.807) is 18.2 Å². The van der Waals surface area contributed by atoms with Gasteiger partial charge in [-0.1, -0.05) is 0 Å². The Hall–Kier alpha value is -1.75. The number of rotatable bonds is 4. The third-order valence-corrected chi connectivity index (χ3v) is 4.22. The van der Waals surface area contributed by atoms with Crippen molar-refractivity contribution in [2.45, 2.75) is 25.8 Å². The van der Waals surface area contributed by atoms with Gasteiger partial charge in [-0.25, -0.2) is 0 Å². The third kappa shape index (κ3) is 3.13. The van der Waals surface area contributed by atoms with E-state index >= 15 is 0 Å². The highest BCUT2D eigenvalue weighted by atomic mass is 16.5. The van der Waals surface area contributed by atoms with E-state index in [0.717, 1.165) is 32.2 Å². The van der Waals surface area contributed by atoms with E-state index < -0.39 is 0 Å². The lowest BCUT2D eigenvalue weighted by Gasteiger charge is -2.34. The van der Waals surface area contributed by atoms with Crippen LogP contribution in [0.1, 0.15) is 30.1 Å². The first kappa shape index (κ1) is 14.2. The maximum Gasteiger partial charge on any atom is 0.254 e. The molecule has 5 heteroatoms. The van der Waals surface area contributed by atoms with Crippen molar-refractivity contribution in [3.63, 3.8) is 0 Å². The molecule has 0 aromatic heterocycles. The summed E-state index contributed by atoms with van der Waals surface area (Å²) in [6.45, 7) is 6.08. The Morgan fingerprint density at radius 2 is 2.00 bits per heavy atom. The van der Waals surface area contributed by atoms with Crippen LogP contribution in [0, 0.1) is 0 Å². The van der Waals surface area contributed by atoms with Crippen LogP contribution in [0.25, 0.3) is 0 Å². The van der Waals surface area contributed by atoms with Crippen molar-refractivity contribution >= 4 is 11.6 Å². The summed E-state index contributed by atoms with van der Waals surface area (Å²) in [5.74, 6) is 0.716. The molecule has 1 heterocycles. The Morgan fingerprint density at radius 3 is 2.57 bits per heavy atom. The van der Waals surface area contributed by atoms with E-state index in [1.165, 1.54) is 12.8 Å². The molecule has 0 radical (unpaired) electrons. The van der Waals surface area contributed by atoms with Crippen molar-refractivity contribution in [3.8, 4) is 5.75 Å². The Bertz CT molecular complexity index is 520. The lowest BCUT2D eigenvalue weighted by molar-refractivity contribution is 0.0627. The summed E-state index contributed by atoms with van der Waals surface area (Å²) < 4.78 is 5.41. The Balaban J connectivity index is 1.63. The molecule has 0 unspecified atom stereocenters. The summed E-state index contributed by atoms with van der Waals surface area (Å²) in [7, 11) is 0. The van der Waals surface area contributed by atoms with Crippen molar-refractivity contribution < 1.29 is 9.53 Å². The van der Waals surface area contributed by atoms with Crippen LogP contribution in [0.3, 0.4) is 0 Å². The maximum atomic E-state index is 12.5. The van der Waals surface area contributed by atoms with E-state index in [-0.39, 0.29) is 5.91 Å². The first-order valence-corrected chi connectivity index (χ1v) is 7.74. The zero-order valence-corrected chi connectivity index (χ0v) is 12.5. The molecule has 0 spiro atoms. The maximum absolute atomic E-state index is 12.5. The number of nitrogen functional groups attached to an aromatic ring is 1. The zero-order valence-electron chi connectivity index (χ0n) is 12.5. The lowest BCUT2D eigenvalue weighted by Crippen LogP contribution is -2.49. The minimum Gasteiger partial charge on any atom is -0.492 e. The zero-order chi connectivity index (χ0) is 14.8. The number of nitrogens with zero attached hydrogens (tertiary/aromatic N) is 2. The van der Waals surface area contributed by atoms with Crippen LogP contribution < -0.4 is 10.5 Å². The van der Waals surface area contributed by atoms with Gasteiger partial charge in [-0.15, -0.1) is 0 Å². The highest BCUT2D eigenvalue weighted by Gasteiger charge is 2.32. The summed E-state index contributed by atoms with van der Waals surface area (Å²) >= 11 is 0. The van der Waals surface area contributed by atoms with Gasteiger partial charge in [0.1, 0.15) is 5.75 Å². The molecule has 0 atom stereocenters. The quantitative estimate of drug-likeness (QED) is 0.855. The molecule has 1 aliphatic heterocycles. The van der Waals surface area contributed by atoms with E-state index in [1.807, 2.05) is 11.8 Å². The predicted molar refractivity (Wildman–Crippen MR) is 82.5 cm³/mol. The van der Waals surface area contributed by atoms with Gasteiger partial charge in [0.15, 0.2) is 0 Å². The molecule has 3 rings (SSSR count). The largest absolute Gasteiger partial charge is 0.492 e. The van der Waals surface area contributed by atoms with Crippen LogP contribution in [0.4, 0.5) is 5.69 Å². The topological polar surface area (TPSA) is 58.8 Å². The van der Waals surface area contributed by atoms with Gasteiger partial charge in [0.05, 0.1) is 12.3 Å². The van der Waals surface area contributed by atoms with E-state index in [0.29, 0.717) is 23.6 Å². The molecule has 5 nitrogen and oxygen atoms in total. The number of hydrogen-bond donors (Lipinski definition) is 1. The predicted octanol–water partition coefficient (Wildman–Crippen LogP) is 1.59. The molecular weight excluding hydrogens is 266 g/mol. The summed E-state index contributed by atoms with van der Waals surface area (Å²) in [6, 6.07) is 6.09. The minimum atomic E-state index is 0.0696. The van der Waals surface area contributed by atoms with Crippen LogP contribution in [0.2, 0.25) is 0 Å². The molecule has 21 heavy (non-hydrogen) atoms. The molecule has 2 N–H and O–H groups in total. The molecule has 2 fully saturated rings. The summed E-state index contributed by atoms with van der Waals surface area (Å²) in [4.78, 5) is 16.9. The molecule has 1 aromatic carbocycles. The fourth-order valence-electron chi connectivity index (χ4n) is 2.88. The second-order valence-electron chi connectivity index (χ2n) is 5.74. The summed E-state index contributed by atoms with van der Waals surface area (Å²) in [5, 5.41) is 0. The molecule has 1 saturated carbocycles. The standard InChI is InChI=1S/C16H23N3O2/c1-2-21-15-6-3-12(11-14(15)17)16(20)19-9-7-18(8-10-19)13-4-5-13/h3,6,11,13H,2,4-5,7-10,17H2,1H3. The molecule has 114 valence electrons. The van der Waals surface area contributed by atoms with Gasteiger partial charge in [-0.05, 0) is 38.0 Å². The fraction of sp³-hybridized carbons (Fsp3) is 0.562. The normalized spacial score (nSPS) is 19.6. The summed E-state index contributed by atoms with van der Waals surface area (Å²) in [6.07, 6.45) is 2.65. The van der Waals surface area contributed by atoms with Gasteiger partial charge < -0.3 is 15.4 Å². The van der Waals surface area contributed by atoms with Gasteiger partial charge in [0.25, 0.3) is 5.91 Å². The SMILES string of the molecule is CCOc1ccc(C(=O)N2CCN(C3CC3)CC2)cc1N. The highest BCUT2D eigenvalue weighted by Crippen LogP contribution is 2.28. The Kier molecular flexibility index (Phi) is 4.01. The third-order valence-electron chi connectivity index (χ3n) is 4.22. The molecule has 1 saturated heterocycles. The molecule has 2 aliphatic rings. The van der Waals surface area contributed by atoms with Crippen LogP contribution >= 0.6 is 0 Å². The average molecular weight is 289 g/mol. The van der Waals surface area contributed by atoms with Crippen LogP contribution in [0.5, 0.6) is 5.75 Å². The number of ether oxygens (including phenoxy) is 1. The number of carbonyl (C=O) groups excluding carboxylic acids is 1. The van der Waals surface area contributed by atoms with Crippen LogP contribution in [-0.2, 0) is 0 Å². The monoisotopic (exact) mass is 289 g/mol. The summed E-state index contributed by atoms with van der Waals surface area (Å²) in [5.41, 5.74) is 7.12. The first-order valence-electron chi connectivity index (χ1n) is 7.74. The lowest BCUT2D eigenvalue weighted by atomic mass is 10.1. The van der Waals surface area contributed by atoms with Gasteiger partial charge in [-0.3, -0.25) is 9.69 Å². The van der Waals surface area contributed by atoms with Crippen molar-refractivity contribution in [3.05, 3.63) is 23.8 Å². The number of hydrogen-bond acceptors (Lipinski definition) is 4. The Morgan fingerprint density at radius 1 is 1.29 bits per heavy atom. The van der Waals surface area contributed by atoms with Crippen LogP contribution in [0.15, 0.2) is 18.2 Å². The fourth-order valence-corrected chi connectivity index (χ4v) is 2.88. The molecule has 1 amide bonds. The van der Waals surface area contributed by atoms with Crippen molar-refractivity contribution in [2.24, 2.45) is 0 Å². The second kappa shape index (κ2) is 5.93. The van der Waals surface area contributed by atoms with Crippen molar-refractivity contribution in [2.75, 3.05) is 38.5 Å². The smallest absolute Gasteiger partial charge is 0.254 e. The van der Waals surface area contributed by atoms with Gasteiger partial charge >= 0.3 is 0 Å². The number of carbonyl (C=O) groups is 1. The Labute approximate surface area is 125 Å². The number of amides is 1. The van der Waals surface area contributed by atoms with Crippen molar-refractivity contribution in [1.82, 2.24) is 9.80 Å². The minimum absolute atomic E-state index is 0.0696. The second-order valence-corrected chi connectivity index (χ2v) is 5.74. The van der Waals surface area contributed by atoms with Crippen LogP contribution in [-0.4, -0.2) is 54.5 Å². The molecule has 0 bridgehead atoms. The van der Waals surface area contributed by atoms with Gasteiger partial charge in [-0.2, -0.15) is 0 Å².